The van der Waals surface area contributed by atoms with Gasteiger partial charge in [-0.25, -0.2) is 15.0 Å². The van der Waals surface area contributed by atoms with Crippen LogP contribution in [0.5, 0.6) is 5.88 Å². The molecule has 2 heterocycles. The van der Waals surface area contributed by atoms with E-state index in [9.17, 15) is 4.79 Å². The van der Waals surface area contributed by atoms with E-state index in [1.807, 2.05) is 0 Å². The number of nitrogens with two attached hydrogens (primary N) is 1. The van der Waals surface area contributed by atoms with Crippen LogP contribution in [0.1, 0.15) is 0 Å². The van der Waals surface area contributed by atoms with Gasteiger partial charge in [0.1, 0.15) is 17.8 Å². The second-order valence-corrected chi connectivity index (χ2v) is 2.96. The lowest BCUT2D eigenvalue weighted by molar-refractivity contribution is 0.397. The summed E-state index contributed by atoms with van der Waals surface area (Å²) in [4.78, 5) is 25.5. The molecule has 7 heteroatoms. The summed E-state index contributed by atoms with van der Waals surface area (Å²) in [6, 6.07) is 2.75. The Kier molecular flexibility index (Phi) is 2.50. The van der Waals surface area contributed by atoms with Gasteiger partial charge >= 0.3 is 0 Å². The number of nitrogen functional groups attached to an aromatic ring is 1. The molecule has 2 aromatic heterocycles. The summed E-state index contributed by atoms with van der Waals surface area (Å²) in [5, 5.41) is 0. The monoisotopic (exact) mass is 219 g/mol. The molecular weight excluding hydrogens is 210 g/mol. The van der Waals surface area contributed by atoms with Gasteiger partial charge < -0.3 is 15.5 Å². The maximum absolute atomic E-state index is 11.2. The molecule has 0 amide bonds. The largest absolute Gasteiger partial charge is 0.481 e. The lowest BCUT2D eigenvalue weighted by Crippen LogP contribution is -2.10. The SMILES string of the molecule is COc1cc(-c2nc(N)cc(=O)[nH]2)ncn1. The van der Waals surface area contributed by atoms with Gasteiger partial charge in [0.25, 0.3) is 5.56 Å². The van der Waals surface area contributed by atoms with Gasteiger partial charge in [-0.05, 0) is 0 Å². The second kappa shape index (κ2) is 3.97. The van der Waals surface area contributed by atoms with Crippen LogP contribution in [0.2, 0.25) is 0 Å². The number of hydrogen-bond donors (Lipinski definition) is 2. The standard InChI is InChI=1S/C9H9N5O2/c1-16-8-2-5(11-4-12-8)9-13-6(10)3-7(15)14-9/h2-4H,1H3,(H3,10,13,14,15). The molecule has 0 fully saturated rings. The molecule has 16 heavy (non-hydrogen) atoms. The summed E-state index contributed by atoms with van der Waals surface area (Å²) in [6.45, 7) is 0. The van der Waals surface area contributed by atoms with Crippen molar-refractivity contribution in [3.8, 4) is 17.4 Å². The average Bonchev–Trinajstić information content (AvgIpc) is 2.28. The smallest absolute Gasteiger partial charge is 0.253 e. The minimum Gasteiger partial charge on any atom is -0.481 e. The van der Waals surface area contributed by atoms with Gasteiger partial charge in [0.15, 0.2) is 5.82 Å². The number of anilines is 1. The van der Waals surface area contributed by atoms with Crippen LogP contribution in [0.25, 0.3) is 11.5 Å². The Morgan fingerprint density at radius 1 is 1.38 bits per heavy atom. The Hall–Kier alpha value is -2.44. The van der Waals surface area contributed by atoms with E-state index in [0.717, 1.165) is 0 Å². The van der Waals surface area contributed by atoms with Crippen LogP contribution in [0.15, 0.2) is 23.3 Å². The molecule has 0 aliphatic carbocycles. The third-order valence-corrected chi connectivity index (χ3v) is 1.86. The molecule has 0 bridgehead atoms. The van der Waals surface area contributed by atoms with Gasteiger partial charge in [-0.2, -0.15) is 0 Å². The topological polar surface area (TPSA) is 107 Å². The molecular formula is C9H9N5O2. The predicted octanol–water partition coefficient (Wildman–Crippen LogP) is -0.182. The van der Waals surface area contributed by atoms with E-state index >= 15 is 0 Å². The number of rotatable bonds is 2. The summed E-state index contributed by atoms with van der Waals surface area (Å²) in [7, 11) is 1.49. The fourth-order valence-electron chi connectivity index (χ4n) is 1.18. The Morgan fingerprint density at radius 2 is 2.19 bits per heavy atom. The predicted molar refractivity (Wildman–Crippen MR) is 56.8 cm³/mol. The average molecular weight is 219 g/mol. The first-order valence-corrected chi connectivity index (χ1v) is 4.42. The van der Waals surface area contributed by atoms with E-state index in [2.05, 4.69) is 19.9 Å². The van der Waals surface area contributed by atoms with Crippen molar-refractivity contribution < 1.29 is 4.74 Å². The van der Waals surface area contributed by atoms with Gasteiger partial charge in [-0.15, -0.1) is 0 Å². The maximum atomic E-state index is 11.2. The minimum absolute atomic E-state index is 0.135. The Balaban J connectivity index is 2.53. The molecule has 0 unspecified atom stereocenters. The number of aromatic amines is 1. The summed E-state index contributed by atoms with van der Waals surface area (Å²) in [6.07, 6.45) is 1.32. The second-order valence-electron chi connectivity index (χ2n) is 2.96. The molecule has 0 saturated heterocycles. The normalized spacial score (nSPS) is 10.1. The number of ether oxygens (including phenoxy) is 1. The van der Waals surface area contributed by atoms with Gasteiger partial charge in [0, 0.05) is 12.1 Å². The van der Waals surface area contributed by atoms with Crippen molar-refractivity contribution in [1.29, 1.82) is 0 Å². The number of methoxy groups -OCH3 is 1. The zero-order valence-electron chi connectivity index (χ0n) is 8.47. The first-order chi connectivity index (χ1) is 7.69. The van der Waals surface area contributed by atoms with Crippen LogP contribution in [0.4, 0.5) is 5.82 Å². The van der Waals surface area contributed by atoms with Gasteiger partial charge in [-0.1, -0.05) is 0 Å². The molecule has 0 aromatic carbocycles. The van der Waals surface area contributed by atoms with Crippen LogP contribution in [-0.4, -0.2) is 27.0 Å². The summed E-state index contributed by atoms with van der Waals surface area (Å²) < 4.78 is 4.93. The van der Waals surface area contributed by atoms with E-state index in [1.54, 1.807) is 6.07 Å². The molecule has 0 aliphatic heterocycles. The van der Waals surface area contributed by atoms with Gasteiger partial charge in [0.05, 0.1) is 7.11 Å². The first-order valence-electron chi connectivity index (χ1n) is 4.42. The van der Waals surface area contributed by atoms with Crippen LogP contribution < -0.4 is 16.0 Å². The number of H-pyrrole nitrogens is 1. The van der Waals surface area contributed by atoms with Crippen molar-refractivity contribution in [2.45, 2.75) is 0 Å². The number of hydrogen-bond acceptors (Lipinski definition) is 6. The Bertz CT molecular complexity index is 566. The molecule has 3 N–H and O–H groups in total. The molecule has 2 aromatic rings. The molecule has 0 saturated carbocycles. The molecule has 2 rings (SSSR count). The highest BCUT2D eigenvalue weighted by molar-refractivity contribution is 5.51. The van der Waals surface area contributed by atoms with Crippen LogP contribution in [-0.2, 0) is 0 Å². The molecule has 0 radical (unpaired) electrons. The highest BCUT2D eigenvalue weighted by atomic mass is 16.5. The van der Waals surface area contributed by atoms with Crippen LogP contribution in [0, 0.1) is 0 Å². The highest BCUT2D eigenvalue weighted by Crippen LogP contribution is 2.14. The van der Waals surface area contributed by atoms with E-state index in [1.165, 1.54) is 19.5 Å². The summed E-state index contributed by atoms with van der Waals surface area (Å²) >= 11 is 0. The molecule has 0 spiro atoms. The third kappa shape index (κ3) is 1.97. The van der Waals surface area contributed by atoms with Gasteiger partial charge in [-0.3, -0.25) is 4.79 Å². The lowest BCUT2D eigenvalue weighted by atomic mass is 10.3. The Morgan fingerprint density at radius 3 is 2.88 bits per heavy atom. The molecule has 0 aliphatic rings. The zero-order chi connectivity index (χ0) is 11.5. The maximum Gasteiger partial charge on any atom is 0.253 e. The molecule has 0 atom stereocenters. The van der Waals surface area contributed by atoms with Gasteiger partial charge in [0.2, 0.25) is 5.88 Å². The van der Waals surface area contributed by atoms with Crippen molar-refractivity contribution in [3.63, 3.8) is 0 Å². The highest BCUT2D eigenvalue weighted by Gasteiger charge is 2.05. The van der Waals surface area contributed by atoms with Crippen LogP contribution in [0.3, 0.4) is 0 Å². The fourth-order valence-corrected chi connectivity index (χ4v) is 1.18. The van der Waals surface area contributed by atoms with E-state index in [-0.39, 0.29) is 17.2 Å². The third-order valence-electron chi connectivity index (χ3n) is 1.86. The Labute approximate surface area is 90.3 Å². The van der Waals surface area contributed by atoms with Crippen molar-refractivity contribution in [2.24, 2.45) is 0 Å². The fraction of sp³-hybridized carbons (Fsp3) is 0.111. The minimum atomic E-state index is -0.333. The zero-order valence-corrected chi connectivity index (χ0v) is 8.47. The quantitative estimate of drug-likeness (QED) is 0.725. The van der Waals surface area contributed by atoms with Crippen LogP contribution >= 0.6 is 0 Å². The number of nitrogens with one attached hydrogen (secondary N) is 1. The van der Waals surface area contributed by atoms with E-state index in [0.29, 0.717) is 11.6 Å². The summed E-state index contributed by atoms with van der Waals surface area (Å²) in [5.74, 6) is 0.803. The first kappa shape index (κ1) is 10.1. The number of nitrogens with zero attached hydrogens (tertiary/aromatic N) is 3. The summed E-state index contributed by atoms with van der Waals surface area (Å²) in [5.41, 5.74) is 5.57. The van der Waals surface area contributed by atoms with Crippen molar-refractivity contribution in [2.75, 3.05) is 12.8 Å². The van der Waals surface area contributed by atoms with E-state index < -0.39 is 0 Å². The van der Waals surface area contributed by atoms with E-state index in [4.69, 9.17) is 10.5 Å². The van der Waals surface area contributed by atoms with Crippen molar-refractivity contribution in [3.05, 3.63) is 28.8 Å². The van der Waals surface area contributed by atoms with Crippen molar-refractivity contribution >= 4 is 5.82 Å². The van der Waals surface area contributed by atoms with Crippen molar-refractivity contribution in [1.82, 2.24) is 19.9 Å². The molecule has 82 valence electrons. The molecule has 7 nitrogen and oxygen atoms in total. The number of aromatic nitrogens is 4. The lowest BCUT2D eigenvalue weighted by Gasteiger charge is -2.02.